The van der Waals surface area contributed by atoms with Crippen molar-refractivity contribution in [3.8, 4) is 0 Å². The normalized spacial score (nSPS) is 10.6. The van der Waals surface area contributed by atoms with Gasteiger partial charge in [0.1, 0.15) is 6.73 Å². The molecule has 1 aromatic heterocycles. The van der Waals surface area contributed by atoms with Crippen molar-refractivity contribution in [2.75, 3.05) is 0 Å². The predicted octanol–water partition coefficient (Wildman–Crippen LogP) is 1.03. The number of hydrogen-bond acceptors (Lipinski definition) is 3. The van der Waals surface area contributed by atoms with Gasteiger partial charge in [-0.05, 0) is 12.5 Å². The molecule has 0 aliphatic carbocycles. The number of rotatable bonds is 4. The molecule has 19 heavy (non-hydrogen) atoms. The van der Waals surface area contributed by atoms with Gasteiger partial charge in [0.15, 0.2) is 0 Å². The highest BCUT2D eigenvalue weighted by atomic mass is 16.5. The molecular formula is C14H16N2O3. The number of aryl methyl sites for hydroxylation is 2. The van der Waals surface area contributed by atoms with E-state index in [4.69, 9.17) is 4.74 Å². The number of hydrogen-bond donors (Lipinski definition) is 0. The first kappa shape index (κ1) is 13.3. The maximum absolute atomic E-state index is 11.9. The van der Waals surface area contributed by atoms with Crippen molar-refractivity contribution in [3.63, 3.8) is 0 Å². The van der Waals surface area contributed by atoms with Crippen molar-refractivity contribution in [2.24, 2.45) is 7.05 Å². The fraction of sp³-hybridized carbons (Fsp3) is 0.286. The molecule has 0 aliphatic heterocycles. The Labute approximate surface area is 110 Å². The molecule has 2 rings (SSSR count). The molecule has 0 bridgehead atoms. The molecule has 0 fully saturated rings. The van der Waals surface area contributed by atoms with E-state index in [1.807, 2.05) is 30.3 Å². The lowest BCUT2D eigenvalue weighted by Gasteiger charge is -2.09. The summed E-state index contributed by atoms with van der Waals surface area (Å²) in [6.07, 6.45) is 1.53. The van der Waals surface area contributed by atoms with E-state index in [1.165, 1.54) is 10.8 Å². The largest absolute Gasteiger partial charge is 0.356 e. The molecule has 0 saturated heterocycles. The Morgan fingerprint density at radius 2 is 1.84 bits per heavy atom. The Kier molecular flexibility index (Phi) is 3.97. The Morgan fingerprint density at radius 3 is 2.53 bits per heavy atom. The van der Waals surface area contributed by atoms with Crippen LogP contribution in [0.25, 0.3) is 0 Å². The second kappa shape index (κ2) is 5.67. The van der Waals surface area contributed by atoms with Crippen LogP contribution in [0.1, 0.15) is 11.1 Å². The highest BCUT2D eigenvalue weighted by molar-refractivity contribution is 5.13. The molecule has 1 aromatic carbocycles. The summed E-state index contributed by atoms with van der Waals surface area (Å²) in [5, 5.41) is 0. The summed E-state index contributed by atoms with van der Waals surface area (Å²) < 4.78 is 7.90. The standard InChI is InChI=1S/C14H16N2O3/c1-11-8-15(2)14(18)16(13(11)17)10-19-9-12-6-4-3-5-7-12/h3-8H,9-10H2,1-2H3. The molecule has 0 spiro atoms. The van der Waals surface area contributed by atoms with E-state index >= 15 is 0 Å². The minimum atomic E-state index is -0.372. The number of nitrogens with zero attached hydrogens (tertiary/aromatic N) is 2. The van der Waals surface area contributed by atoms with E-state index in [0.717, 1.165) is 10.1 Å². The summed E-state index contributed by atoms with van der Waals surface area (Å²) >= 11 is 0. The van der Waals surface area contributed by atoms with E-state index in [-0.39, 0.29) is 18.0 Å². The lowest BCUT2D eigenvalue weighted by atomic mass is 10.2. The van der Waals surface area contributed by atoms with Crippen molar-refractivity contribution in [2.45, 2.75) is 20.3 Å². The lowest BCUT2D eigenvalue weighted by Crippen LogP contribution is -2.40. The zero-order chi connectivity index (χ0) is 13.8. The van der Waals surface area contributed by atoms with Crippen molar-refractivity contribution in [1.29, 1.82) is 0 Å². The minimum Gasteiger partial charge on any atom is -0.356 e. The number of ether oxygens (including phenoxy) is 1. The van der Waals surface area contributed by atoms with E-state index in [1.54, 1.807) is 14.0 Å². The average Bonchev–Trinajstić information content (AvgIpc) is 2.42. The van der Waals surface area contributed by atoms with Gasteiger partial charge >= 0.3 is 5.69 Å². The highest BCUT2D eigenvalue weighted by Gasteiger charge is 2.06. The van der Waals surface area contributed by atoms with Crippen LogP contribution in [-0.4, -0.2) is 9.13 Å². The Balaban J connectivity index is 2.13. The topological polar surface area (TPSA) is 53.2 Å². The van der Waals surface area contributed by atoms with Gasteiger partial charge in [0.2, 0.25) is 0 Å². The van der Waals surface area contributed by atoms with Gasteiger partial charge in [-0.1, -0.05) is 30.3 Å². The fourth-order valence-electron chi connectivity index (χ4n) is 1.83. The van der Waals surface area contributed by atoms with Crippen LogP contribution in [-0.2, 0) is 25.1 Å². The smallest absolute Gasteiger partial charge is 0.332 e. The molecular weight excluding hydrogens is 244 g/mol. The van der Waals surface area contributed by atoms with Gasteiger partial charge < -0.3 is 9.30 Å². The number of benzene rings is 1. The average molecular weight is 260 g/mol. The maximum Gasteiger partial charge on any atom is 0.332 e. The maximum atomic E-state index is 11.9. The van der Waals surface area contributed by atoms with Gasteiger partial charge in [-0.2, -0.15) is 0 Å². The van der Waals surface area contributed by atoms with Crippen LogP contribution in [0.15, 0.2) is 46.1 Å². The number of aromatic nitrogens is 2. The Bertz CT molecular complexity index is 637. The third-order valence-corrected chi connectivity index (χ3v) is 2.83. The van der Waals surface area contributed by atoms with Crippen LogP contribution < -0.4 is 11.2 Å². The molecule has 0 aliphatic rings. The van der Waals surface area contributed by atoms with Gasteiger partial charge in [0.25, 0.3) is 5.56 Å². The third-order valence-electron chi connectivity index (χ3n) is 2.83. The van der Waals surface area contributed by atoms with Gasteiger partial charge in [-0.15, -0.1) is 0 Å². The van der Waals surface area contributed by atoms with Crippen molar-refractivity contribution < 1.29 is 4.74 Å². The molecule has 2 aromatic rings. The third kappa shape index (κ3) is 3.00. The summed E-state index contributed by atoms with van der Waals surface area (Å²) in [6, 6.07) is 9.60. The second-order valence-corrected chi connectivity index (χ2v) is 4.40. The predicted molar refractivity (Wildman–Crippen MR) is 71.9 cm³/mol. The molecule has 0 saturated carbocycles. The van der Waals surface area contributed by atoms with E-state index in [0.29, 0.717) is 12.2 Å². The van der Waals surface area contributed by atoms with Gasteiger partial charge in [0.05, 0.1) is 6.61 Å². The SMILES string of the molecule is Cc1cn(C)c(=O)n(COCc2ccccc2)c1=O. The molecule has 0 amide bonds. The van der Waals surface area contributed by atoms with E-state index in [9.17, 15) is 9.59 Å². The van der Waals surface area contributed by atoms with Gasteiger partial charge in [-0.25, -0.2) is 9.36 Å². The molecule has 5 nitrogen and oxygen atoms in total. The zero-order valence-electron chi connectivity index (χ0n) is 11.0. The lowest BCUT2D eigenvalue weighted by molar-refractivity contribution is 0.0579. The molecule has 0 N–H and O–H groups in total. The molecule has 100 valence electrons. The summed E-state index contributed by atoms with van der Waals surface area (Å²) in [7, 11) is 1.61. The summed E-state index contributed by atoms with van der Waals surface area (Å²) in [5.74, 6) is 0. The summed E-state index contributed by atoms with van der Waals surface area (Å²) in [6.45, 7) is 2.00. The fourth-order valence-corrected chi connectivity index (χ4v) is 1.83. The monoisotopic (exact) mass is 260 g/mol. The van der Waals surface area contributed by atoms with Crippen molar-refractivity contribution in [1.82, 2.24) is 9.13 Å². The summed E-state index contributed by atoms with van der Waals surface area (Å²) in [5.41, 5.74) is 0.838. The van der Waals surface area contributed by atoms with Gasteiger partial charge in [0, 0.05) is 18.8 Å². The molecule has 1 heterocycles. The Morgan fingerprint density at radius 1 is 1.16 bits per heavy atom. The van der Waals surface area contributed by atoms with Crippen LogP contribution >= 0.6 is 0 Å². The van der Waals surface area contributed by atoms with Crippen LogP contribution in [0.5, 0.6) is 0 Å². The molecule has 0 atom stereocenters. The summed E-state index contributed by atoms with van der Waals surface area (Å²) in [4.78, 5) is 23.7. The second-order valence-electron chi connectivity index (χ2n) is 4.40. The quantitative estimate of drug-likeness (QED) is 0.825. The van der Waals surface area contributed by atoms with Gasteiger partial charge in [-0.3, -0.25) is 4.79 Å². The molecule has 5 heteroatoms. The van der Waals surface area contributed by atoms with Crippen LogP contribution in [0, 0.1) is 6.92 Å². The Hall–Kier alpha value is -2.14. The zero-order valence-corrected chi connectivity index (χ0v) is 11.0. The van der Waals surface area contributed by atoms with Crippen molar-refractivity contribution >= 4 is 0 Å². The first-order valence-corrected chi connectivity index (χ1v) is 5.98. The van der Waals surface area contributed by atoms with E-state index in [2.05, 4.69) is 0 Å². The molecule has 0 radical (unpaired) electrons. The molecule has 0 unspecified atom stereocenters. The van der Waals surface area contributed by atoms with Crippen molar-refractivity contribution in [3.05, 3.63) is 68.5 Å². The van der Waals surface area contributed by atoms with Crippen LogP contribution in [0.2, 0.25) is 0 Å². The highest BCUT2D eigenvalue weighted by Crippen LogP contribution is 2.00. The van der Waals surface area contributed by atoms with Crippen LogP contribution in [0.4, 0.5) is 0 Å². The first-order chi connectivity index (χ1) is 9.09. The first-order valence-electron chi connectivity index (χ1n) is 5.98. The van der Waals surface area contributed by atoms with Crippen LogP contribution in [0.3, 0.4) is 0 Å². The van der Waals surface area contributed by atoms with E-state index < -0.39 is 0 Å². The minimum absolute atomic E-state index is 0.0396.